The van der Waals surface area contributed by atoms with Gasteiger partial charge in [0.15, 0.2) is 23.0 Å². The highest BCUT2D eigenvalue weighted by Crippen LogP contribution is 2.34. The number of ether oxygens (including phenoxy) is 2. The standard InChI is InChI=1S/C25H27N9O4/c26-16-15-17(27)23(29-21-19-8-2-4-10-34(19)32-25(21)38-14-6-12-36)30-22(16)28-20-18-7-1-3-9-33(18)31-24(20)37-13-5-11-35/h1-4,7-10,15,26,35-36H,5-6,11-14,27H2,(H,28,29,30). The number of rotatable bonds is 10. The lowest BCUT2D eigenvalue weighted by molar-refractivity contribution is 0.229. The van der Waals surface area contributed by atoms with Gasteiger partial charge in [-0.25, -0.2) is 19.0 Å². The van der Waals surface area contributed by atoms with Crippen LogP contribution in [0.25, 0.3) is 11.0 Å². The van der Waals surface area contributed by atoms with Gasteiger partial charge in [-0.05, 0) is 30.3 Å². The summed E-state index contributed by atoms with van der Waals surface area (Å²) in [4.78, 5) is 9.38. The molecule has 0 atom stereocenters. The smallest absolute Gasteiger partial charge is 0.260 e. The Balaban J connectivity index is 1.54. The molecule has 1 aliphatic rings. The predicted octanol–water partition coefficient (Wildman–Crippen LogP) is 1.73. The Labute approximate surface area is 217 Å². The summed E-state index contributed by atoms with van der Waals surface area (Å²) in [6.07, 6.45) is 5.89. The van der Waals surface area contributed by atoms with Crippen LogP contribution in [0.1, 0.15) is 12.8 Å². The molecule has 0 unspecified atom stereocenters. The lowest BCUT2D eigenvalue weighted by atomic mass is 10.2. The van der Waals surface area contributed by atoms with Crippen LogP contribution in [-0.4, -0.2) is 73.3 Å². The third-order valence-electron chi connectivity index (χ3n) is 5.56. The van der Waals surface area contributed by atoms with Gasteiger partial charge in [0, 0.05) is 38.4 Å². The molecule has 5 heterocycles. The quantitative estimate of drug-likeness (QED) is 0.197. The van der Waals surface area contributed by atoms with E-state index in [1.807, 2.05) is 36.4 Å². The van der Waals surface area contributed by atoms with Crippen LogP contribution >= 0.6 is 0 Å². The van der Waals surface area contributed by atoms with Crippen molar-refractivity contribution in [1.82, 2.24) is 24.5 Å². The van der Waals surface area contributed by atoms with Gasteiger partial charge in [-0.1, -0.05) is 12.1 Å². The van der Waals surface area contributed by atoms with Crippen molar-refractivity contribution < 1.29 is 19.7 Å². The number of aliphatic hydroxyl groups is 2. The minimum absolute atomic E-state index is 0.00828. The maximum Gasteiger partial charge on any atom is 0.260 e. The lowest BCUT2D eigenvalue weighted by Gasteiger charge is -2.17. The summed E-state index contributed by atoms with van der Waals surface area (Å²) in [5, 5.41) is 38.7. The van der Waals surface area contributed by atoms with Crippen LogP contribution in [0, 0.1) is 5.41 Å². The Morgan fingerprint density at radius 1 is 0.842 bits per heavy atom. The van der Waals surface area contributed by atoms with Gasteiger partial charge in [-0.2, -0.15) is 0 Å². The van der Waals surface area contributed by atoms with Crippen molar-refractivity contribution in [1.29, 1.82) is 5.41 Å². The second-order valence-electron chi connectivity index (χ2n) is 8.28. The van der Waals surface area contributed by atoms with Crippen LogP contribution < -0.4 is 20.5 Å². The zero-order valence-electron chi connectivity index (χ0n) is 20.4. The van der Waals surface area contributed by atoms with E-state index in [4.69, 9.17) is 35.8 Å². The topological polar surface area (TPSA) is 180 Å². The summed E-state index contributed by atoms with van der Waals surface area (Å²) in [5.74, 6) is 1.02. The molecule has 0 saturated heterocycles. The van der Waals surface area contributed by atoms with Crippen molar-refractivity contribution in [3.8, 4) is 11.8 Å². The maximum atomic E-state index is 9.13. The van der Waals surface area contributed by atoms with E-state index >= 15 is 0 Å². The highest BCUT2D eigenvalue weighted by atomic mass is 16.5. The maximum absolute atomic E-state index is 9.13. The molecular formula is C25H27N9O4. The molecule has 38 heavy (non-hydrogen) atoms. The molecule has 196 valence electrons. The van der Waals surface area contributed by atoms with E-state index in [-0.39, 0.29) is 61.3 Å². The van der Waals surface area contributed by atoms with Gasteiger partial charge in [0.25, 0.3) is 11.8 Å². The van der Waals surface area contributed by atoms with Crippen LogP contribution in [-0.2, 0) is 0 Å². The molecular weight excluding hydrogens is 490 g/mol. The number of nitrogens with zero attached hydrogens (tertiary/aromatic N) is 6. The Bertz CT molecular complexity index is 1570. The predicted molar refractivity (Wildman–Crippen MR) is 142 cm³/mol. The van der Waals surface area contributed by atoms with Crippen molar-refractivity contribution in [3.63, 3.8) is 0 Å². The van der Waals surface area contributed by atoms with Crippen molar-refractivity contribution in [2.45, 2.75) is 12.8 Å². The molecule has 0 aromatic carbocycles. The van der Waals surface area contributed by atoms with Crippen molar-refractivity contribution in [2.24, 2.45) is 15.7 Å². The molecule has 6 N–H and O–H groups in total. The monoisotopic (exact) mass is 517 g/mol. The number of aliphatic imine (C=N–C) groups is 2. The number of hydrogen-bond donors (Lipinski definition) is 5. The first kappa shape index (κ1) is 24.9. The number of amidine groups is 2. The Morgan fingerprint density at radius 3 is 1.89 bits per heavy atom. The SMILES string of the molecule is N=C1C=C(N)/C(=N/c2c(OCCCO)nn3ccccc23)N/C1=N\c1c(OCCCO)nn2ccccc12. The second-order valence-corrected chi connectivity index (χ2v) is 8.28. The molecule has 1 aliphatic heterocycles. The summed E-state index contributed by atoms with van der Waals surface area (Å²) in [7, 11) is 0. The summed E-state index contributed by atoms with van der Waals surface area (Å²) >= 11 is 0. The summed E-state index contributed by atoms with van der Waals surface area (Å²) in [6, 6.07) is 11.1. The van der Waals surface area contributed by atoms with Crippen LogP contribution in [0.5, 0.6) is 11.8 Å². The lowest BCUT2D eigenvalue weighted by Crippen LogP contribution is -2.42. The molecule has 0 amide bonds. The third-order valence-corrected chi connectivity index (χ3v) is 5.56. The van der Waals surface area contributed by atoms with Crippen LogP contribution in [0.2, 0.25) is 0 Å². The Morgan fingerprint density at radius 2 is 1.37 bits per heavy atom. The molecule has 13 nitrogen and oxygen atoms in total. The molecule has 0 radical (unpaired) electrons. The highest BCUT2D eigenvalue weighted by Gasteiger charge is 2.23. The normalized spacial score (nSPS) is 15.8. The van der Waals surface area contributed by atoms with E-state index < -0.39 is 0 Å². The fourth-order valence-corrected chi connectivity index (χ4v) is 3.75. The zero-order chi connectivity index (χ0) is 26.5. The molecule has 4 aromatic rings. The van der Waals surface area contributed by atoms with E-state index in [0.717, 1.165) is 0 Å². The Kier molecular flexibility index (Phi) is 7.28. The minimum atomic E-state index is -0.0113. The van der Waals surface area contributed by atoms with Gasteiger partial charge < -0.3 is 30.7 Å². The number of aromatic nitrogens is 4. The molecule has 0 aliphatic carbocycles. The molecule has 5 rings (SSSR count). The second kappa shape index (κ2) is 11.1. The van der Waals surface area contributed by atoms with E-state index in [2.05, 4.69) is 20.5 Å². The molecule has 0 fully saturated rings. The summed E-state index contributed by atoms with van der Waals surface area (Å²) in [6.45, 7) is 0.507. The molecule has 0 saturated carbocycles. The van der Waals surface area contributed by atoms with Gasteiger partial charge >= 0.3 is 0 Å². The van der Waals surface area contributed by atoms with Crippen LogP contribution in [0.3, 0.4) is 0 Å². The number of fused-ring (bicyclic) bond motifs is 2. The number of pyridine rings is 2. The zero-order valence-corrected chi connectivity index (χ0v) is 20.4. The van der Waals surface area contributed by atoms with Crippen molar-refractivity contribution in [3.05, 3.63) is 60.6 Å². The van der Waals surface area contributed by atoms with Crippen molar-refractivity contribution in [2.75, 3.05) is 26.4 Å². The van der Waals surface area contributed by atoms with Gasteiger partial charge in [-0.3, -0.25) is 5.41 Å². The van der Waals surface area contributed by atoms with E-state index in [9.17, 15) is 0 Å². The van der Waals surface area contributed by atoms with E-state index in [1.54, 1.807) is 21.4 Å². The minimum Gasteiger partial charge on any atom is -0.475 e. The number of aliphatic hydroxyl groups excluding tert-OH is 2. The average Bonchev–Trinajstić information content (AvgIpc) is 3.45. The van der Waals surface area contributed by atoms with Gasteiger partial charge in [0.1, 0.15) is 0 Å². The van der Waals surface area contributed by atoms with Crippen LogP contribution in [0.15, 0.2) is 70.5 Å². The Hall–Kier alpha value is -4.75. The summed E-state index contributed by atoms with van der Waals surface area (Å²) < 4.78 is 14.8. The first-order chi connectivity index (χ1) is 18.6. The molecule has 13 heteroatoms. The van der Waals surface area contributed by atoms with Gasteiger partial charge in [0.2, 0.25) is 0 Å². The summed E-state index contributed by atoms with van der Waals surface area (Å²) in [5.41, 5.74) is 8.77. The van der Waals surface area contributed by atoms with Gasteiger partial charge in [-0.15, -0.1) is 10.2 Å². The van der Waals surface area contributed by atoms with Gasteiger partial charge in [0.05, 0.1) is 35.7 Å². The molecule has 0 spiro atoms. The number of nitrogens with one attached hydrogen (secondary N) is 2. The fourth-order valence-electron chi connectivity index (χ4n) is 3.75. The fraction of sp³-hybridized carbons (Fsp3) is 0.240. The number of nitrogens with two attached hydrogens (primary N) is 1. The number of hydrogen-bond acceptors (Lipinski definition) is 10. The molecule has 0 bridgehead atoms. The van der Waals surface area contributed by atoms with Crippen LogP contribution in [0.4, 0.5) is 11.4 Å². The van der Waals surface area contributed by atoms with E-state index in [1.165, 1.54) is 6.08 Å². The van der Waals surface area contributed by atoms with Crippen molar-refractivity contribution >= 4 is 39.8 Å². The highest BCUT2D eigenvalue weighted by molar-refractivity contribution is 6.50. The average molecular weight is 518 g/mol. The first-order valence-corrected chi connectivity index (χ1v) is 12.0. The third kappa shape index (κ3) is 5.05. The largest absolute Gasteiger partial charge is 0.475 e. The first-order valence-electron chi connectivity index (χ1n) is 12.0. The van der Waals surface area contributed by atoms with E-state index in [0.29, 0.717) is 35.2 Å². The molecule has 4 aromatic heterocycles.